The Kier molecular flexibility index (Phi) is 5.50. The molecule has 1 aliphatic heterocycles. The topological polar surface area (TPSA) is 54.7 Å². The van der Waals surface area contributed by atoms with E-state index in [1.165, 1.54) is 12.1 Å². The zero-order valence-electron chi connectivity index (χ0n) is 14.5. The number of carbonyl (C=O) groups excluding carboxylic acids is 1. The molecule has 3 rings (SSSR count). The Labute approximate surface area is 146 Å². The highest BCUT2D eigenvalue weighted by molar-refractivity contribution is 5.78. The van der Waals surface area contributed by atoms with Crippen LogP contribution >= 0.6 is 0 Å². The molecule has 0 aliphatic carbocycles. The monoisotopic (exact) mass is 346 g/mol. The van der Waals surface area contributed by atoms with E-state index in [-0.39, 0.29) is 30.4 Å². The maximum atomic E-state index is 13.1. The van der Waals surface area contributed by atoms with Gasteiger partial charge in [-0.2, -0.15) is 0 Å². The van der Waals surface area contributed by atoms with Crippen molar-refractivity contribution in [1.82, 2.24) is 10.2 Å². The molecule has 0 unspecified atom stereocenters. The van der Waals surface area contributed by atoms with E-state index in [1.54, 1.807) is 17.0 Å². The molecule has 134 valence electrons. The molecule has 1 fully saturated rings. The van der Waals surface area contributed by atoms with Gasteiger partial charge in [-0.25, -0.2) is 4.39 Å². The number of halogens is 1. The quantitative estimate of drug-likeness (QED) is 0.904. The Balaban J connectivity index is 1.54. The normalized spacial score (nSPS) is 19.0. The highest BCUT2D eigenvalue weighted by Gasteiger charge is 2.25. The van der Waals surface area contributed by atoms with Crippen molar-refractivity contribution in [1.29, 1.82) is 0 Å². The Morgan fingerprint density at radius 3 is 2.76 bits per heavy atom. The summed E-state index contributed by atoms with van der Waals surface area (Å²) in [5, 5.41) is 3.20. The summed E-state index contributed by atoms with van der Waals surface area (Å²) in [6, 6.07) is 10.0. The Hall–Kier alpha value is -2.18. The van der Waals surface area contributed by atoms with Gasteiger partial charge in [0, 0.05) is 6.54 Å². The number of amides is 1. The predicted octanol–water partition coefficient (Wildman–Crippen LogP) is 2.98. The van der Waals surface area contributed by atoms with Gasteiger partial charge in [-0.15, -0.1) is 0 Å². The number of morpholine rings is 1. The van der Waals surface area contributed by atoms with Crippen LogP contribution in [0.1, 0.15) is 36.2 Å². The van der Waals surface area contributed by atoms with Crippen molar-refractivity contribution in [2.24, 2.45) is 0 Å². The van der Waals surface area contributed by atoms with Crippen LogP contribution in [0.5, 0.6) is 0 Å². The van der Waals surface area contributed by atoms with Gasteiger partial charge in [-0.3, -0.25) is 10.1 Å². The molecule has 1 aromatic carbocycles. The lowest BCUT2D eigenvalue weighted by molar-refractivity contribution is -0.138. The molecule has 1 aliphatic rings. The first kappa shape index (κ1) is 17.6. The third kappa shape index (κ3) is 4.46. The molecular weight excluding hydrogens is 323 g/mol. The molecule has 1 N–H and O–H groups in total. The number of nitrogens with one attached hydrogen (secondary N) is 1. The van der Waals surface area contributed by atoms with Crippen molar-refractivity contribution in [3.8, 4) is 0 Å². The molecule has 5 nitrogen and oxygen atoms in total. The molecular formula is C19H23FN2O3. The number of aryl methyl sites for hydroxylation is 1. The van der Waals surface area contributed by atoms with Crippen LogP contribution in [0.2, 0.25) is 0 Å². The Morgan fingerprint density at radius 2 is 2.08 bits per heavy atom. The minimum absolute atomic E-state index is 0.0190. The summed E-state index contributed by atoms with van der Waals surface area (Å²) in [6.45, 7) is 5.60. The van der Waals surface area contributed by atoms with Gasteiger partial charge in [0.1, 0.15) is 23.4 Å². The van der Waals surface area contributed by atoms with Gasteiger partial charge in [0.2, 0.25) is 5.91 Å². The molecule has 2 heterocycles. The summed E-state index contributed by atoms with van der Waals surface area (Å²) in [4.78, 5) is 14.3. The van der Waals surface area contributed by atoms with Crippen molar-refractivity contribution >= 4 is 5.91 Å². The van der Waals surface area contributed by atoms with Crippen LogP contribution in [0, 0.1) is 12.7 Å². The van der Waals surface area contributed by atoms with Crippen molar-refractivity contribution in [2.75, 3.05) is 26.2 Å². The molecule has 0 radical (unpaired) electrons. The fourth-order valence-corrected chi connectivity index (χ4v) is 2.89. The van der Waals surface area contributed by atoms with E-state index in [0.29, 0.717) is 19.7 Å². The van der Waals surface area contributed by atoms with E-state index < -0.39 is 0 Å². The predicted molar refractivity (Wildman–Crippen MR) is 91.5 cm³/mol. The van der Waals surface area contributed by atoms with Crippen molar-refractivity contribution in [2.45, 2.75) is 26.0 Å². The van der Waals surface area contributed by atoms with E-state index in [2.05, 4.69) is 5.32 Å². The fraction of sp³-hybridized carbons (Fsp3) is 0.421. The van der Waals surface area contributed by atoms with Gasteiger partial charge in [-0.1, -0.05) is 12.1 Å². The zero-order valence-corrected chi connectivity index (χ0v) is 14.5. The van der Waals surface area contributed by atoms with Gasteiger partial charge in [0.15, 0.2) is 0 Å². The lowest BCUT2D eigenvalue weighted by atomic mass is 10.1. The molecule has 6 heteroatoms. The number of nitrogens with zero attached hydrogens (tertiary/aromatic N) is 1. The maximum Gasteiger partial charge on any atom is 0.236 e. The van der Waals surface area contributed by atoms with Crippen LogP contribution in [0.3, 0.4) is 0 Å². The average Bonchev–Trinajstić information content (AvgIpc) is 3.06. The van der Waals surface area contributed by atoms with Gasteiger partial charge in [-0.05, 0) is 43.7 Å². The van der Waals surface area contributed by atoms with E-state index in [0.717, 1.165) is 17.1 Å². The van der Waals surface area contributed by atoms with Crippen LogP contribution < -0.4 is 5.32 Å². The minimum Gasteiger partial charge on any atom is -0.465 e. The largest absolute Gasteiger partial charge is 0.465 e. The molecule has 0 bridgehead atoms. The van der Waals surface area contributed by atoms with Gasteiger partial charge < -0.3 is 14.1 Å². The number of hydrogen-bond acceptors (Lipinski definition) is 4. The van der Waals surface area contributed by atoms with Crippen molar-refractivity contribution in [3.63, 3.8) is 0 Å². The third-order valence-corrected chi connectivity index (χ3v) is 4.41. The highest BCUT2D eigenvalue weighted by atomic mass is 19.1. The molecule has 0 spiro atoms. The lowest BCUT2D eigenvalue weighted by Gasteiger charge is -2.33. The molecule has 0 saturated carbocycles. The van der Waals surface area contributed by atoms with E-state index >= 15 is 0 Å². The minimum atomic E-state index is -0.279. The SMILES string of the molecule is Cc1ccc([C@@H](C)NCC(=O)N2CCO[C@@H](c3ccc(F)cc3)C2)o1. The van der Waals surface area contributed by atoms with Gasteiger partial charge in [0.25, 0.3) is 0 Å². The summed E-state index contributed by atoms with van der Waals surface area (Å²) in [5.74, 6) is 1.41. The molecule has 2 aromatic rings. The summed E-state index contributed by atoms with van der Waals surface area (Å²) >= 11 is 0. The molecule has 1 saturated heterocycles. The fourth-order valence-electron chi connectivity index (χ4n) is 2.89. The number of rotatable bonds is 5. The lowest BCUT2D eigenvalue weighted by Crippen LogP contribution is -2.46. The molecule has 25 heavy (non-hydrogen) atoms. The number of benzene rings is 1. The summed E-state index contributed by atoms with van der Waals surface area (Å²) in [7, 11) is 0. The zero-order chi connectivity index (χ0) is 17.8. The standard InChI is InChI=1S/C19H23FN2O3/c1-13-3-8-17(25-13)14(2)21-11-19(23)22-9-10-24-18(12-22)15-4-6-16(20)7-5-15/h3-8,14,18,21H,9-12H2,1-2H3/t14-,18-/m1/s1. The Bertz CT molecular complexity index is 714. The number of ether oxygens (including phenoxy) is 1. The number of hydrogen-bond donors (Lipinski definition) is 1. The molecule has 1 amide bonds. The van der Waals surface area contributed by atoms with E-state index in [1.807, 2.05) is 26.0 Å². The second-order valence-corrected chi connectivity index (χ2v) is 6.30. The average molecular weight is 346 g/mol. The second-order valence-electron chi connectivity index (χ2n) is 6.30. The van der Waals surface area contributed by atoms with Crippen LogP contribution in [0.25, 0.3) is 0 Å². The smallest absolute Gasteiger partial charge is 0.236 e. The van der Waals surface area contributed by atoms with E-state index in [9.17, 15) is 9.18 Å². The van der Waals surface area contributed by atoms with Crippen LogP contribution in [-0.2, 0) is 9.53 Å². The van der Waals surface area contributed by atoms with Crippen LogP contribution in [0.15, 0.2) is 40.8 Å². The third-order valence-electron chi connectivity index (χ3n) is 4.41. The molecule has 2 atom stereocenters. The summed E-state index contributed by atoms with van der Waals surface area (Å²) in [6.07, 6.45) is -0.219. The van der Waals surface area contributed by atoms with Crippen molar-refractivity contribution in [3.05, 3.63) is 59.3 Å². The molecule has 1 aromatic heterocycles. The highest BCUT2D eigenvalue weighted by Crippen LogP contribution is 2.22. The van der Waals surface area contributed by atoms with E-state index in [4.69, 9.17) is 9.15 Å². The summed E-state index contributed by atoms with van der Waals surface area (Å²) in [5.41, 5.74) is 0.881. The first-order chi connectivity index (χ1) is 12.0. The van der Waals surface area contributed by atoms with Gasteiger partial charge >= 0.3 is 0 Å². The van der Waals surface area contributed by atoms with Crippen LogP contribution in [-0.4, -0.2) is 37.0 Å². The van der Waals surface area contributed by atoms with Crippen molar-refractivity contribution < 1.29 is 18.3 Å². The number of furan rings is 1. The second kappa shape index (κ2) is 7.80. The first-order valence-electron chi connectivity index (χ1n) is 8.47. The van der Waals surface area contributed by atoms with Crippen LogP contribution in [0.4, 0.5) is 4.39 Å². The first-order valence-corrected chi connectivity index (χ1v) is 8.47. The summed E-state index contributed by atoms with van der Waals surface area (Å²) < 4.78 is 24.4. The maximum absolute atomic E-state index is 13.1. The number of carbonyl (C=O) groups is 1. The Morgan fingerprint density at radius 1 is 1.32 bits per heavy atom. The van der Waals surface area contributed by atoms with Gasteiger partial charge in [0.05, 0.1) is 25.7 Å².